The van der Waals surface area contributed by atoms with Gasteiger partial charge in [0.15, 0.2) is 5.79 Å². The lowest BCUT2D eigenvalue weighted by Crippen LogP contribution is -2.62. The predicted octanol–water partition coefficient (Wildman–Crippen LogP) is 1.54. The fraction of sp³-hybridized carbons (Fsp3) is 0.478. The van der Waals surface area contributed by atoms with Crippen LogP contribution < -0.4 is 0 Å². The highest BCUT2D eigenvalue weighted by atomic mass is 32.2. The number of ether oxygens (including phenoxy) is 3. The van der Waals surface area contributed by atoms with Crippen LogP contribution in [0.3, 0.4) is 0 Å². The summed E-state index contributed by atoms with van der Waals surface area (Å²) in [5.74, 6) is -3.20. The summed E-state index contributed by atoms with van der Waals surface area (Å²) in [4.78, 5) is 0.104. The molecular formula is C23H27NO7S. The molecule has 3 aliphatic rings. The van der Waals surface area contributed by atoms with E-state index in [0.717, 1.165) is 11.1 Å². The normalized spacial score (nSPS) is 37.5. The van der Waals surface area contributed by atoms with Crippen molar-refractivity contribution in [3.8, 4) is 0 Å². The highest BCUT2D eigenvalue weighted by molar-refractivity contribution is 7.89. The van der Waals surface area contributed by atoms with Crippen LogP contribution in [0.25, 0.3) is 0 Å². The molecule has 1 aliphatic carbocycles. The number of hydrogen-bond donors (Lipinski definition) is 2. The molecule has 0 amide bonds. The average Bonchev–Trinajstić information content (AvgIpc) is 3.44. The number of hydrogen-bond acceptors (Lipinski definition) is 7. The minimum atomic E-state index is -3.97. The lowest BCUT2D eigenvalue weighted by Gasteiger charge is -2.39. The minimum absolute atomic E-state index is 0.00231. The van der Waals surface area contributed by atoms with Crippen LogP contribution in [0.1, 0.15) is 25.0 Å². The second-order valence-corrected chi connectivity index (χ2v) is 11.0. The number of nitrogens with zero attached hydrogens (tertiary/aromatic N) is 1. The van der Waals surface area contributed by atoms with Gasteiger partial charge >= 0.3 is 0 Å². The number of fused-ring (bicyclic) bond motifs is 3. The molecule has 2 heterocycles. The highest BCUT2D eigenvalue weighted by Gasteiger charge is 2.78. The molecule has 7 atom stereocenters. The molecule has 0 radical (unpaired) electrons. The van der Waals surface area contributed by atoms with Gasteiger partial charge in [0.25, 0.3) is 0 Å². The Morgan fingerprint density at radius 1 is 1.03 bits per heavy atom. The summed E-state index contributed by atoms with van der Waals surface area (Å²) in [6, 6.07) is 13.9. The van der Waals surface area contributed by atoms with Gasteiger partial charge in [0.05, 0.1) is 17.5 Å². The second-order valence-electron chi connectivity index (χ2n) is 9.12. The van der Waals surface area contributed by atoms with Crippen LogP contribution in [0.5, 0.6) is 0 Å². The number of aliphatic hydroxyl groups excluding tert-OH is 1. The van der Waals surface area contributed by atoms with E-state index in [9.17, 15) is 18.6 Å². The summed E-state index contributed by atoms with van der Waals surface area (Å²) in [6.07, 6.45) is -3.17. The van der Waals surface area contributed by atoms with E-state index in [0.29, 0.717) is 0 Å². The van der Waals surface area contributed by atoms with Crippen LogP contribution in [0, 0.1) is 6.92 Å². The second kappa shape index (κ2) is 7.33. The maximum absolute atomic E-state index is 13.5. The summed E-state index contributed by atoms with van der Waals surface area (Å²) in [6.45, 7) is 5.25. The fourth-order valence-electron chi connectivity index (χ4n) is 4.80. The average molecular weight is 462 g/mol. The number of benzene rings is 2. The summed E-state index contributed by atoms with van der Waals surface area (Å²) in [5, 5.41) is 22.6. The first kappa shape index (κ1) is 22.0. The first-order valence-corrected chi connectivity index (χ1v) is 12.0. The summed E-state index contributed by atoms with van der Waals surface area (Å²) in [5.41, 5.74) is 1.71. The van der Waals surface area contributed by atoms with Crippen LogP contribution in [-0.2, 0) is 30.8 Å². The predicted molar refractivity (Wildman–Crippen MR) is 114 cm³/mol. The van der Waals surface area contributed by atoms with E-state index in [4.69, 9.17) is 14.2 Å². The Morgan fingerprint density at radius 3 is 2.31 bits per heavy atom. The molecule has 9 heteroatoms. The lowest BCUT2D eigenvalue weighted by molar-refractivity contribution is -0.293. The third kappa shape index (κ3) is 3.40. The van der Waals surface area contributed by atoms with Gasteiger partial charge in [0.2, 0.25) is 15.8 Å². The molecule has 2 aromatic rings. The van der Waals surface area contributed by atoms with Crippen molar-refractivity contribution in [1.82, 2.24) is 4.31 Å². The third-order valence-electron chi connectivity index (χ3n) is 6.37. The molecule has 0 spiro atoms. The van der Waals surface area contributed by atoms with Gasteiger partial charge in [-0.1, -0.05) is 48.0 Å². The number of rotatable bonds is 5. The Labute approximate surface area is 187 Å². The quantitative estimate of drug-likeness (QED) is 0.514. The van der Waals surface area contributed by atoms with Gasteiger partial charge in [0.1, 0.15) is 24.4 Å². The van der Waals surface area contributed by atoms with E-state index in [1.807, 2.05) is 37.3 Å². The molecule has 2 aromatic carbocycles. The Morgan fingerprint density at radius 2 is 1.66 bits per heavy atom. The SMILES string of the molecule is Cc1ccc(S(=O)(=O)N2[C@H]3[C@@H]4OC(C)(C)O[C@@H]4[C@@H](O)[C@](O)(OCc4ccccc4)[C@H]32)cc1. The number of aryl methyl sites for hydroxylation is 1. The van der Waals surface area contributed by atoms with Gasteiger partial charge in [0, 0.05) is 0 Å². The van der Waals surface area contributed by atoms with Gasteiger partial charge < -0.3 is 24.4 Å². The maximum atomic E-state index is 13.5. The summed E-state index contributed by atoms with van der Waals surface area (Å²) in [7, 11) is -3.97. The molecule has 32 heavy (non-hydrogen) atoms. The fourth-order valence-corrected chi connectivity index (χ4v) is 6.60. The first-order chi connectivity index (χ1) is 15.0. The van der Waals surface area contributed by atoms with Crippen molar-refractivity contribution >= 4 is 10.0 Å². The number of sulfonamides is 1. The standard InChI is InChI=1S/C23H27NO7S/c1-14-9-11-16(12-10-14)32(27,28)24-17-18-19(31-22(2,3)30-18)21(25)23(26,20(17)24)29-13-15-7-5-4-6-8-15/h4-12,17-21,25-26H,13H2,1-3H3/t17-,18-,19-,20-,21+,23+,24?/m0/s1. The van der Waals surface area contributed by atoms with Crippen molar-refractivity contribution < 1.29 is 32.8 Å². The Kier molecular flexibility index (Phi) is 5.03. The Balaban J connectivity index is 1.51. The van der Waals surface area contributed by atoms with Crippen molar-refractivity contribution in [2.75, 3.05) is 0 Å². The first-order valence-electron chi connectivity index (χ1n) is 10.6. The summed E-state index contributed by atoms with van der Waals surface area (Å²) < 4.78 is 45.8. The van der Waals surface area contributed by atoms with E-state index < -0.39 is 52.0 Å². The van der Waals surface area contributed by atoms with Crippen LogP contribution in [0.2, 0.25) is 0 Å². The zero-order valence-corrected chi connectivity index (χ0v) is 18.9. The molecular weight excluding hydrogens is 434 g/mol. The molecule has 0 aromatic heterocycles. The van der Waals surface area contributed by atoms with E-state index in [-0.39, 0.29) is 11.5 Å². The van der Waals surface area contributed by atoms with Crippen molar-refractivity contribution in [3.63, 3.8) is 0 Å². The molecule has 2 saturated heterocycles. The van der Waals surface area contributed by atoms with Crippen LogP contribution >= 0.6 is 0 Å². The zero-order valence-electron chi connectivity index (χ0n) is 18.1. The van der Waals surface area contributed by atoms with Crippen molar-refractivity contribution in [2.24, 2.45) is 0 Å². The molecule has 3 fully saturated rings. The molecule has 8 nitrogen and oxygen atoms in total. The van der Waals surface area contributed by atoms with Gasteiger partial charge in [-0.3, -0.25) is 0 Å². The maximum Gasteiger partial charge on any atom is 0.243 e. The smallest absolute Gasteiger partial charge is 0.243 e. The lowest BCUT2D eigenvalue weighted by atomic mass is 9.86. The highest BCUT2D eigenvalue weighted by Crippen LogP contribution is 2.55. The minimum Gasteiger partial charge on any atom is -0.385 e. The van der Waals surface area contributed by atoms with Gasteiger partial charge in [-0.25, -0.2) is 8.42 Å². The summed E-state index contributed by atoms with van der Waals surface area (Å²) >= 11 is 0. The molecule has 1 saturated carbocycles. The molecule has 0 bridgehead atoms. The van der Waals surface area contributed by atoms with E-state index >= 15 is 0 Å². The molecule has 5 rings (SSSR count). The van der Waals surface area contributed by atoms with Crippen LogP contribution in [-0.4, -0.2) is 64.9 Å². The monoisotopic (exact) mass is 461 g/mol. The van der Waals surface area contributed by atoms with E-state index in [1.54, 1.807) is 26.0 Å². The van der Waals surface area contributed by atoms with Crippen molar-refractivity contribution in [3.05, 3.63) is 65.7 Å². The largest absolute Gasteiger partial charge is 0.385 e. The molecule has 1 unspecified atom stereocenters. The third-order valence-corrected chi connectivity index (χ3v) is 8.26. The van der Waals surface area contributed by atoms with Crippen molar-refractivity contribution in [2.45, 2.75) is 74.2 Å². The van der Waals surface area contributed by atoms with E-state index in [2.05, 4.69) is 0 Å². The molecule has 2 aliphatic heterocycles. The Bertz CT molecular complexity index is 1100. The zero-order chi connectivity index (χ0) is 22.9. The van der Waals surface area contributed by atoms with Crippen LogP contribution in [0.15, 0.2) is 59.5 Å². The van der Waals surface area contributed by atoms with Gasteiger partial charge in [-0.15, -0.1) is 0 Å². The van der Waals surface area contributed by atoms with Gasteiger partial charge in [-0.2, -0.15) is 4.31 Å². The Hall–Kier alpha value is -1.85. The van der Waals surface area contributed by atoms with E-state index in [1.165, 1.54) is 16.4 Å². The topological polar surface area (TPSA) is 105 Å². The molecule has 2 N–H and O–H groups in total. The van der Waals surface area contributed by atoms with Crippen LogP contribution in [0.4, 0.5) is 0 Å². The molecule has 172 valence electrons. The van der Waals surface area contributed by atoms with Crippen molar-refractivity contribution in [1.29, 1.82) is 0 Å². The number of aliphatic hydroxyl groups is 2. The van der Waals surface area contributed by atoms with Gasteiger partial charge in [-0.05, 0) is 38.5 Å².